The zero-order chi connectivity index (χ0) is 13.0. The number of amides is 3. The smallest absolute Gasteiger partial charge is 0.318 e. The zero-order valence-corrected chi connectivity index (χ0v) is 11.0. The molecular formula is C11H17N3O2S. The summed E-state index contributed by atoms with van der Waals surface area (Å²) in [7, 11) is 0. The molecule has 5 nitrogen and oxygen atoms in total. The first-order chi connectivity index (χ1) is 7.90. The number of aryl methyl sites for hydroxylation is 2. The highest BCUT2D eigenvalue weighted by Gasteiger charge is 2.12. The monoisotopic (exact) mass is 255 g/mol. The average molecular weight is 255 g/mol. The van der Waals surface area contributed by atoms with Crippen LogP contribution in [0.3, 0.4) is 0 Å². The molecule has 3 amide bonds. The average Bonchev–Trinajstić information content (AvgIpc) is 2.53. The second-order valence-electron chi connectivity index (χ2n) is 3.88. The van der Waals surface area contributed by atoms with E-state index < -0.39 is 11.9 Å². The number of urea groups is 1. The van der Waals surface area contributed by atoms with Gasteiger partial charge >= 0.3 is 6.03 Å². The van der Waals surface area contributed by atoms with Crippen LogP contribution in [-0.4, -0.2) is 18.5 Å². The summed E-state index contributed by atoms with van der Waals surface area (Å²) in [4.78, 5) is 24.1. The van der Waals surface area contributed by atoms with Crippen molar-refractivity contribution in [3.63, 3.8) is 0 Å². The van der Waals surface area contributed by atoms with Crippen LogP contribution in [0.5, 0.6) is 0 Å². The number of rotatable bonds is 4. The minimum atomic E-state index is -0.827. The van der Waals surface area contributed by atoms with Crippen molar-refractivity contribution in [2.24, 2.45) is 5.73 Å². The van der Waals surface area contributed by atoms with Gasteiger partial charge in [-0.05, 0) is 32.4 Å². The third-order valence-electron chi connectivity index (χ3n) is 2.38. The van der Waals surface area contributed by atoms with Crippen LogP contribution < -0.4 is 16.4 Å². The Kier molecular flexibility index (Phi) is 4.65. The van der Waals surface area contributed by atoms with Crippen LogP contribution in [-0.2, 0) is 4.79 Å². The van der Waals surface area contributed by atoms with E-state index in [1.54, 1.807) is 11.3 Å². The van der Waals surface area contributed by atoms with Crippen molar-refractivity contribution >= 4 is 23.3 Å². The van der Waals surface area contributed by atoms with E-state index >= 15 is 0 Å². The number of hydrogen-bond donors (Lipinski definition) is 3. The van der Waals surface area contributed by atoms with Gasteiger partial charge in [0.2, 0.25) is 5.91 Å². The van der Waals surface area contributed by atoms with E-state index in [1.807, 2.05) is 19.2 Å². The largest absolute Gasteiger partial charge is 0.351 e. The standard InChI is InChI=1S/C11H17N3O2S/c1-6-4-9(8(3)17-6)7(2)13-5-10(15)14-11(12)16/h4,7,13H,5H2,1-3H3,(H3,12,14,15,16). The maximum Gasteiger partial charge on any atom is 0.318 e. The molecule has 0 fully saturated rings. The Morgan fingerprint density at radius 3 is 2.59 bits per heavy atom. The molecule has 1 rings (SSSR count). The Hall–Kier alpha value is -1.40. The van der Waals surface area contributed by atoms with Crippen molar-refractivity contribution in [2.45, 2.75) is 26.8 Å². The number of carbonyl (C=O) groups excluding carboxylic acids is 2. The SMILES string of the molecule is Cc1cc(C(C)NCC(=O)NC(N)=O)c(C)s1. The van der Waals surface area contributed by atoms with Gasteiger partial charge in [0.1, 0.15) is 0 Å². The van der Waals surface area contributed by atoms with Gasteiger partial charge in [-0.3, -0.25) is 10.1 Å². The van der Waals surface area contributed by atoms with Crippen molar-refractivity contribution < 1.29 is 9.59 Å². The number of nitrogens with two attached hydrogens (primary N) is 1. The molecule has 0 aliphatic heterocycles. The molecule has 0 bridgehead atoms. The van der Waals surface area contributed by atoms with Crippen molar-refractivity contribution in [1.82, 2.24) is 10.6 Å². The van der Waals surface area contributed by atoms with Crippen molar-refractivity contribution in [1.29, 1.82) is 0 Å². The van der Waals surface area contributed by atoms with Crippen molar-refractivity contribution in [3.05, 3.63) is 21.4 Å². The van der Waals surface area contributed by atoms with Crippen LogP contribution in [0.4, 0.5) is 4.79 Å². The first kappa shape index (κ1) is 13.7. The van der Waals surface area contributed by atoms with Gasteiger partial charge in [0.25, 0.3) is 0 Å². The van der Waals surface area contributed by atoms with Crippen LogP contribution in [0, 0.1) is 13.8 Å². The molecule has 0 radical (unpaired) electrons. The summed E-state index contributed by atoms with van der Waals surface area (Å²) in [6, 6.07) is 1.34. The molecule has 0 spiro atoms. The van der Waals surface area contributed by atoms with Crippen LogP contribution >= 0.6 is 11.3 Å². The fraction of sp³-hybridized carbons (Fsp3) is 0.455. The number of thiophene rings is 1. The van der Waals surface area contributed by atoms with Crippen LogP contribution in [0.25, 0.3) is 0 Å². The lowest BCUT2D eigenvalue weighted by Gasteiger charge is -2.13. The van der Waals surface area contributed by atoms with E-state index in [4.69, 9.17) is 5.73 Å². The van der Waals surface area contributed by atoms with Crippen LogP contribution in [0.15, 0.2) is 6.07 Å². The van der Waals surface area contributed by atoms with Gasteiger partial charge in [-0.2, -0.15) is 0 Å². The van der Waals surface area contributed by atoms with Crippen molar-refractivity contribution in [3.8, 4) is 0 Å². The maximum absolute atomic E-state index is 11.2. The van der Waals surface area contributed by atoms with Gasteiger partial charge in [-0.1, -0.05) is 0 Å². The molecule has 17 heavy (non-hydrogen) atoms. The van der Waals surface area contributed by atoms with E-state index in [1.165, 1.54) is 15.3 Å². The summed E-state index contributed by atoms with van der Waals surface area (Å²) in [6.07, 6.45) is 0. The van der Waals surface area contributed by atoms with Crippen LogP contribution in [0.2, 0.25) is 0 Å². The van der Waals surface area contributed by atoms with E-state index in [-0.39, 0.29) is 12.6 Å². The number of carbonyl (C=O) groups is 2. The summed E-state index contributed by atoms with van der Waals surface area (Å²) in [5.74, 6) is -0.422. The van der Waals surface area contributed by atoms with Gasteiger partial charge in [0.05, 0.1) is 6.54 Å². The minimum Gasteiger partial charge on any atom is -0.351 e. The van der Waals surface area contributed by atoms with Crippen molar-refractivity contribution in [2.75, 3.05) is 6.54 Å². The molecular weight excluding hydrogens is 238 g/mol. The summed E-state index contributed by atoms with van der Waals surface area (Å²) in [6.45, 7) is 6.15. The fourth-order valence-electron chi connectivity index (χ4n) is 1.62. The second kappa shape index (κ2) is 5.79. The third kappa shape index (κ3) is 4.16. The minimum absolute atomic E-state index is 0.0679. The molecule has 1 atom stereocenters. The molecule has 1 heterocycles. The molecule has 1 aromatic rings. The molecule has 0 aliphatic rings. The third-order valence-corrected chi connectivity index (χ3v) is 3.36. The summed E-state index contributed by atoms with van der Waals surface area (Å²) in [5, 5.41) is 5.05. The number of imide groups is 1. The van der Waals surface area contributed by atoms with Gasteiger partial charge in [-0.15, -0.1) is 11.3 Å². The first-order valence-electron chi connectivity index (χ1n) is 5.29. The zero-order valence-electron chi connectivity index (χ0n) is 10.2. The number of primary amides is 1. The number of hydrogen-bond acceptors (Lipinski definition) is 4. The Morgan fingerprint density at radius 2 is 2.12 bits per heavy atom. The van der Waals surface area contributed by atoms with Gasteiger partial charge < -0.3 is 11.1 Å². The Labute approximate surface area is 104 Å². The lowest BCUT2D eigenvalue weighted by Crippen LogP contribution is -2.41. The van der Waals surface area contributed by atoms with E-state index in [0.717, 1.165) is 0 Å². The van der Waals surface area contributed by atoms with Gasteiger partial charge in [0.15, 0.2) is 0 Å². The summed E-state index contributed by atoms with van der Waals surface area (Å²) < 4.78 is 0. The Balaban J connectivity index is 2.50. The maximum atomic E-state index is 11.2. The summed E-state index contributed by atoms with van der Waals surface area (Å²) >= 11 is 1.73. The molecule has 6 heteroatoms. The summed E-state index contributed by atoms with van der Waals surface area (Å²) in [5.41, 5.74) is 6.02. The molecule has 0 aromatic carbocycles. The highest BCUT2D eigenvalue weighted by atomic mass is 32.1. The van der Waals surface area contributed by atoms with E-state index in [2.05, 4.69) is 18.3 Å². The predicted octanol–water partition coefficient (Wildman–Crippen LogP) is 1.21. The lowest BCUT2D eigenvalue weighted by molar-refractivity contribution is -0.119. The van der Waals surface area contributed by atoms with E-state index in [9.17, 15) is 9.59 Å². The topological polar surface area (TPSA) is 84.2 Å². The van der Waals surface area contributed by atoms with Crippen LogP contribution in [0.1, 0.15) is 28.3 Å². The predicted molar refractivity (Wildman–Crippen MR) is 67.9 cm³/mol. The van der Waals surface area contributed by atoms with E-state index in [0.29, 0.717) is 0 Å². The molecule has 1 aromatic heterocycles. The lowest BCUT2D eigenvalue weighted by atomic mass is 10.1. The second-order valence-corrected chi connectivity index (χ2v) is 5.34. The van der Waals surface area contributed by atoms with Gasteiger partial charge in [-0.25, -0.2) is 4.79 Å². The molecule has 4 N–H and O–H groups in total. The Bertz CT molecular complexity index is 428. The first-order valence-corrected chi connectivity index (χ1v) is 6.11. The normalized spacial score (nSPS) is 12.2. The molecule has 0 aliphatic carbocycles. The van der Waals surface area contributed by atoms with Gasteiger partial charge in [0, 0.05) is 15.8 Å². The highest BCUT2D eigenvalue weighted by molar-refractivity contribution is 7.12. The number of nitrogens with one attached hydrogen (secondary N) is 2. The molecule has 0 saturated carbocycles. The molecule has 94 valence electrons. The Morgan fingerprint density at radius 1 is 1.47 bits per heavy atom. The quantitative estimate of drug-likeness (QED) is 0.756. The molecule has 1 unspecified atom stereocenters. The molecule has 0 saturated heterocycles. The highest BCUT2D eigenvalue weighted by Crippen LogP contribution is 2.25. The fourth-order valence-corrected chi connectivity index (χ4v) is 2.64.